The Hall–Kier alpha value is -1.61. The fourth-order valence-electron chi connectivity index (χ4n) is 1.97. The summed E-state index contributed by atoms with van der Waals surface area (Å²) >= 11 is 1.55. The predicted molar refractivity (Wildman–Crippen MR) is 80.7 cm³/mol. The summed E-state index contributed by atoms with van der Waals surface area (Å²) in [6.07, 6.45) is 0. The Morgan fingerprint density at radius 3 is 2.26 bits per heavy atom. The van der Waals surface area contributed by atoms with Crippen molar-refractivity contribution in [3.05, 3.63) is 57.3 Å². The molecule has 1 heterocycles. The molecule has 100 valence electrons. The smallest absolute Gasteiger partial charge is 0.264 e. The molecular formula is C16H19NOS. The molecule has 0 spiro atoms. The zero-order valence-corrected chi connectivity index (χ0v) is 12.6. The molecule has 19 heavy (non-hydrogen) atoms. The number of hydrogen-bond donors (Lipinski definition) is 0. The van der Waals surface area contributed by atoms with E-state index in [1.165, 1.54) is 10.4 Å². The van der Waals surface area contributed by atoms with E-state index in [0.29, 0.717) is 0 Å². The summed E-state index contributed by atoms with van der Waals surface area (Å²) in [5.41, 5.74) is 2.40. The zero-order valence-electron chi connectivity index (χ0n) is 11.8. The maximum Gasteiger partial charge on any atom is 0.264 e. The van der Waals surface area contributed by atoms with Crippen molar-refractivity contribution in [2.45, 2.75) is 26.8 Å². The van der Waals surface area contributed by atoms with Gasteiger partial charge >= 0.3 is 0 Å². The number of aryl methyl sites for hydroxylation is 2. The molecule has 0 saturated carbocycles. The first kappa shape index (κ1) is 13.8. The lowest BCUT2D eigenvalue weighted by Gasteiger charge is -2.25. The van der Waals surface area contributed by atoms with E-state index in [9.17, 15) is 4.79 Å². The van der Waals surface area contributed by atoms with Gasteiger partial charge < -0.3 is 4.90 Å². The average molecular weight is 273 g/mol. The maximum absolute atomic E-state index is 12.4. The Kier molecular flexibility index (Phi) is 4.05. The summed E-state index contributed by atoms with van der Waals surface area (Å²) < 4.78 is 0. The molecule has 3 heteroatoms. The fourth-order valence-corrected chi connectivity index (χ4v) is 2.82. The molecule has 1 aromatic heterocycles. The summed E-state index contributed by atoms with van der Waals surface area (Å²) in [7, 11) is 1.86. The minimum Gasteiger partial charge on any atom is -0.334 e. The first-order valence-electron chi connectivity index (χ1n) is 6.39. The summed E-state index contributed by atoms with van der Waals surface area (Å²) in [4.78, 5) is 16.1. The molecule has 0 aliphatic carbocycles. The number of nitrogens with zero attached hydrogens (tertiary/aromatic N) is 1. The molecule has 1 aromatic carbocycles. The molecule has 1 atom stereocenters. The lowest BCUT2D eigenvalue weighted by atomic mass is 10.1. The number of rotatable bonds is 3. The van der Waals surface area contributed by atoms with Crippen molar-refractivity contribution >= 4 is 17.2 Å². The summed E-state index contributed by atoms with van der Waals surface area (Å²) in [6.45, 7) is 6.14. The van der Waals surface area contributed by atoms with Gasteiger partial charge in [0.2, 0.25) is 0 Å². The van der Waals surface area contributed by atoms with Gasteiger partial charge in [-0.05, 0) is 38.5 Å². The molecule has 0 aliphatic heterocycles. The summed E-state index contributed by atoms with van der Waals surface area (Å²) in [5.74, 6) is 0.0891. The van der Waals surface area contributed by atoms with Crippen molar-refractivity contribution < 1.29 is 4.79 Å². The highest BCUT2D eigenvalue weighted by molar-refractivity contribution is 7.13. The second kappa shape index (κ2) is 5.57. The lowest BCUT2D eigenvalue weighted by Crippen LogP contribution is -2.29. The summed E-state index contributed by atoms with van der Waals surface area (Å²) in [6, 6.07) is 12.3. The van der Waals surface area contributed by atoms with Gasteiger partial charge in [0.1, 0.15) is 0 Å². The van der Waals surface area contributed by atoms with E-state index in [-0.39, 0.29) is 11.9 Å². The Labute approximate surface area is 118 Å². The van der Waals surface area contributed by atoms with Gasteiger partial charge in [0, 0.05) is 11.9 Å². The highest BCUT2D eigenvalue weighted by atomic mass is 32.1. The molecule has 0 radical (unpaired) electrons. The van der Waals surface area contributed by atoms with Gasteiger partial charge in [-0.15, -0.1) is 11.3 Å². The second-order valence-corrected chi connectivity index (χ2v) is 6.20. The van der Waals surface area contributed by atoms with Crippen LogP contribution in [0.5, 0.6) is 0 Å². The molecule has 2 rings (SSSR count). The first-order chi connectivity index (χ1) is 8.99. The van der Waals surface area contributed by atoms with Gasteiger partial charge in [-0.2, -0.15) is 0 Å². The SMILES string of the molecule is Cc1ccc(C(C)N(C)C(=O)c2ccc(C)s2)cc1. The van der Waals surface area contributed by atoms with Crippen LogP contribution in [0.15, 0.2) is 36.4 Å². The van der Waals surface area contributed by atoms with Crippen LogP contribution in [0.3, 0.4) is 0 Å². The zero-order chi connectivity index (χ0) is 14.0. The van der Waals surface area contributed by atoms with Gasteiger partial charge in [-0.25, -0.2) is 0 Å². The number of carbonyl (C=O) groups is 1. The standard InChI is InChI=1S/C16H19NOS/c1-11-5-8-14(9-6-11)13(3)17(4)16(18)15-10-7-12(2)19-15/h5-10,13H,1-4H3. The largest absolute Gasteiger partial charge is 0.334 e. The monoisotopic (exact) mass is 273 g/mol. The normalized spacial score (nSPS) is 12.2. The molecule has 0 fully saturated rings. The number of carbonyl (C=O) groups excluding carboxylic acids is 1. The third kappa shape index (κ3) is 3.04. The van der Waals surface area contributed by atoms with Crippen LogP contribution in [0, 0.1) is 13.8 Å². The van der Waals surface area contributed by atoms with Crippen molar-refractivity contribution in [3.8, 4) is 0 Å². The Morgan fingerprint density at radius 2 is 1.74 bits per heavy atom. The van der Waals surface area contributed by atoms with E-state index in [1.807, 2.05) is 26.1 Å². The summed E-state index contributed by atoms with van der Waals surface area (Å²) in [5, 5.41) is 0. The first-order valence-corrected chi connectivity index (χ1v) is 7.21. The maximum atomic E-state index is 12.4. The van der Waals surface area contributed by atoms with Crippen LogP contribution in [0.1, 0.15) is 38.6 Å². The van der Waals surface area contributed by atoms with Crippen LogP contribution >= 0.6 is 11.3 Å². The van der Waals surface area contributed by atoms with Gasteiger partial charge in [0.05, 0.1) is 10.9 Å². The fraction of sp³-hybridized carbons (Fsp3) is 0.312. The molecule has 0 bridgehead atoms. The number of thiophene rings is 1. The Balaban J connectivity index is 2.16. The highest BCUT2D eigenvalue weighted by Gasteiger charge is 2.19. The molecule has 0 N–H and O–H groups in total. The molecular weight excluding hydrogens is 254 g/mol. The molecule has 0 aliphatic rings. The van der Waals surface area contributed by atoms with Gasteiger partial charge in [0.15, 0.2) is 0 Å². The number of amides is 1. The van der Waals surface area contributed by atoms with E-state index in [2.05, 4.69) is 38.1 Å². The topological polar surface area (TPSA) is 20.3 Å². The van der Waals surface area contributed by atoms with Crippen LogP contribution in [0.2, 0.25) is 0 Å². The van der Waals surface area contributed by atoms with Crippen LogP contribution in [-0.4, -0.2) is 17.9 Å². The van der Waals surface area contributed by atoms with E-state index >= 15 is 0 Å². The number of benzene rings is 1. The quantitative estimate of drug-likeness (QED) is 0.820. The van der Waals surface area contributed by atoms with E-state index in [1.54, 1.807) is 16.2 Å². The van der Waals surface area contributed by atoms with Crippen molar-refractivity contribution in [3.63, 3.8) is 0 Å². The van der Waals surface area contributed by atoms with Gasteiger partial charge in [-0.1, -0.05) is 29.8 Å². The lowest BCUT2D eigenvalue weighted by molar-refractivity contribution is 0.0747. The molecule has 2 nitrogen and oxygen atoms in total. The van der Waals surface area contributed by atoms with Crippen LogP contribution in [0.25, 0.3) is 0 Å². The van der Waals surface area contributed by atoms with Gasteiger partial charge in [-0.3, -0.25) is 4.79 Å². The molecule has 1 unspecified atom stereocenters. The van der Waals surface area contributed by atoms with Crippen LogP contribution in [-0.2, 0) is 0 Å². The van der Waals surface area contributed by atoms with Gasteiger partial charge in [0.25, 0.3) is 5.91 Å². The third-order valence-electron chi connectivity index (χ3n) is 3.41. The molecule has 1 amide bonds. The van der Waals surface area contributed by atoms with Crippen molar-refractivity contribution in [1.82, 2.24) is 4.90 Å². The van der Waals surface area contributed by atoms with Crippen molar-refractivity contribution in [2.75, 3.05) is 7.05 Å². The van der Waals surface area contributed by atoms with Crippen molar-refractivity contribution in [1.29, 1.82) is 0 Å². The van der Waals surface area contributed by atoms with E-state index < -0.39 is 0 Å². The minimum atomic E-state index is 0.0792. The Morgan fingerprint density at radius 1 is 1.11 bits per heavy atom. The average Bonchev–Trinajstić information content (AvgIpc) is 2.84. The highest BCUT2D eigenvalue weighted by Crippen LogP contribution is 2.23. The van der Waals surface area contributed by atoms with E-state index in [4.69, 9.17) is 0 Å². The predicted octanol–water partition coefficient (Wildman–Crippen LogP) is 4.20. The molecule has 0 saturated heterocycles. The minimum absolute atomic E-state index is 0.0792. The second-order valence-electron chi connectivity index (χ2n) is 4.91. The van der Waals surface area contributed by atoms with Crippen LogP contribution < -0.4 is 0 Å². The number of hydrogen-bond acceptors (Lipinski definition) is 2. The Bertz CT molecular complexity index is 571. The third-order valence-corrected chi connectivity index (χ3v) is 4.40. The van der Waals surface area contributed by atoms with Crippen molar-refractivity contribution in [2.24, 2.45) is 0 Å². The molecule has 2 aromatic rings. The van der Waals surface area contributed by atoms with E-state index in [0.717, 1.165) is 10.4 Å². The van der Waals surface area contributed by atoms with Crippen LogP contribution in [0.4, 0.5) is 0 Å².